The number of aryl methyl sites for hydroxylation is 2. The SMILES string of the molecule is F.FC(F)(F)c1cc(-c2cc(-c3cc(C(F)(F)F)cc(C(F)(F)F)c3)cc(-c3cc4cc(C(F)(F)F)ccc4c4c3C[N+]3(Cc5ccc6c(c5-c5c(ccc7c5CCCC7)C3)CCCC6)Cc3c(-c5cc(-c6cc(C(F)(F)F)cc(C(F)(F)F)c6)cc(-c6cc(C(F)(F)F)cc(C(F)(F)F)c6)c5)cc5cc(C(F)(F)F)ccc5c3-4)c2)cc(C(F)(F)F)c1.[F-]. The summed E-state index contributed by atoms with van der Waals surface area (Å²) in [4.78, 5) is 0. The van der Waals surface area contributed by atoms with E-state index in [1.165, 1.54) is 0 Å². The molecule has 2 aliphatic heterocycles. The van der Waals surface area contributed by atoms with Gasteiger partial charge >= 0.3 is 61.8 Å². The molecule has 0 amide bonds. The Kier molecular flexibility index (Phi) is 21.6. The minimum Gasteiger partial charge on any atom is -1.00 e. The van der Waals surface area contributed by atoms with E-state index < -0.39 is 213 Å². The smallest absolute Gasteiger partial charge is 0.416 e. The molecule has 1 spiro atoms. The van der Waals surface area contributed by atoms with Crippen molar-refractivity contribution in [3.63, 3.8) is 0 Å². The van der Waals surface area contributed by atoms with Crippen LogP contribution < -0.4 is 4.70 Å². The lowest BCUT2D eigenvalue weighted by molar-refractivity contribution is -0.977. The van der Waals surface area contributed by atoms with E-state index in [2.05, 4.69) is 0 Å². The molecular weight excluding hydrogens is 1700 g/mol. The van der Waals surface area contributed by atoms with Crippen LogP contribution in [0.4, 0.5) is 136 Å². The maximum atomic E-state index is 15.6. The predicted molar refractivity (Wildman–Crippen MR) is 392 cm³/mol. The van der Waals surface area contributed by atoms with Crippen LogP contribution in [0.15, 0.2) is 182 Å². The molecule has 644 valence electrons. The average Bonchev–Trinajstić information content (AvgIpc) is 1.59. The average molecular weight is 1760 g/mol. The summed E-state index contributed by atoms with van der Waals surface area (Å²) in [6, 6.07) is 18.1. The van der Waals surface area contributed by atoms with Crippen molar-refractivity contribution in [2.24, 2.45) is 0 Å². The molecule has 0 aromatic heterocycles. The molecule has 2 aliphatic carbocycles. The van der Waals surface area contributed by atoms with Crippen LogP contribution in [-0.2, 0) is 114 Å². The maximum absolute atomic E-state index is 15.6. The van der Waals surface area contributed by atoms with Gasteiger partial charge in [-0.3, -0.25) is 4.70 Å². The molecule has 12 aromatic rings. The Morgan fingerprint density at radius 3 is 0.675 bits per heavy atom. The zero-order chi connectivity index (χ0) is 87.1. The van der Waals surface area contributed by atoms with Crippen molar-refractivity contribution in [3.8, 4) is 89.0 Å². The van der Waals surface area contributed by atoms with Gasteiger partial charge in [0.15, 0.2) is 0 Å². The molecule has 12 aromatic carbocycles. The maximum Gasteiger partial charge on any atom is 0.416 e. The largest absolute Gasteiger partial charge is 1.00 e. The van der Waals surface area contributed by atoms with Gasteiger partial charge < -0.3 is 9.19 Å². The highest BCUT2D eigenvalue weighted by Crippen LogP contribution is 2.57. The molecule has 0 N–H and O–H groups in total. The van der Waals surface area contributed by atoms with E-state index in [1.807, 2.05) is 24.3 Å². The van der Waals surface area contributed by atoms with Crippen molar-refractivity contribution in [3.05, 3.63) is 282 Å². The first-order valence-electron chi connectivity index (χ1n) is 37.1. The van der Waals surface area contributed by atoms with E-state index in [9.17, 15) is 0 Å². The van der Waals surface area contributed by atoms with Gasteiger partial charge in [-0.1, -0.05) is 36.4 Å². The van der Waals surface area contributed by atoms with Gasteiger partial charge in [0.1, 0.15) is 26.2 Å². The summed E-state index contributed by atoms with van der Waals surface area (Å²) in [6.45, 7) is -1.71. The van der Waals surface area contributed by atoms with Gasteiger partial charge in [0.05, 0.1) is 55.6 Å². The third-order valence-corrected chi connectivity index (χ3v) is 23.1. The van der Waals surface area contributed by atoms with Gasteiger partial charge in [-0.2, -0.15) is 132 Å². The van der Waals surface area contributed by atoms with Crippen molar-refractivity contribution in [2.75, 3.05) is 0 Å². The number of benzene rings is 12. The Hall–Kier alpha value is -11.1. The van der Waals surface area contributed by atoms with Crippen LogP contribution >= 0.6 is 0 Å². The van der Waals surface area contributed by atoms with Gasteiger partial charge in [-0.15, -0.1) is 0 Å². The molecule has 0 unspecified atom stereocenters. The van der Waals surface area contributed by atoms with Crippen molar-refractivity contribution >= 4 is 21.5 Å². The number of nitrogens with zero attached hydrogens (tertiary/aromatic N) is 1. The molecule has 33 heteroatoms. The van der Waals surface area contributed by atoms with E-state index in [0.29, 0.717) is 86.1 Å². The Morgan fingerprint density at radius 1 is 0.195 bits per heavy atom. The highest BCUT2D eigenvalue weighted by atomic mass is 19.4. The van der Waals surface area contributed by atoms with E-state index >= 15 is 132 Å². The van der Waals surface area contributed by atoms with Gasteiger partial charge in [-0.05, 0) is 319 Å². The summed E-state index contributed by atoms with van der Waals surface area (Å²) < 4.78 is 455. The highest BCUT2D eigenvalue weighted by molar-refractivity contribution is 6.13. The highest BCUT2D eigenvalue weighted by Gasteiger charge is 2.47. The van der Waals surface area contributed by atoms with Crippen LogP contribution in [0.3, 0.4) is 0 Å². The van der Waals surface area contributed by atoms with E-state index in [0.717, 1.165) is 94.8 Å². The summed E-state index contributed by atoms with van der Waals surface area (Å²) >= 11 is 0. The molecule has 2 heterocycles. The fourth-order valence-electron chi connectivity index (χ4n) is 17.8. The normalized spacial score (nSPS) is 15.3. The minimum atomic E-state index is -5.66. The van der Waals surface area contributed by atoms with Crippen molar-refractivity contribution in [2.45, 2.75) is 139 Å². The summed E-state index contributed by atoms with van der Waals surface area (Å²) in [5.41, 5.74) is -23.7. The van der Waals surface area contributed by atoms with Gasteiger partial charge in [0.2, 0.25) is 0 Å². The second-order valence-electron chi connectivity index (χ2n) is 31.1. The van der Waals surface area contributed by atoms with Gasteiger partial charge in [0.25, 0.3) is 0 Å². The Morgan fingerprint density at radius 2 is 0.423 bits per heavy atom. The zero-order valence-electron chi connectivity index (χ0n) is 62.4. The third-order valence-electron chi connectivity index (χ3n) is 23.1. The fraction of sp³-hybridized carbons (Fsp3) is 0.244. The molecule has 1 nitrogen and oxygen atoms in total. The molecule has 0 bridgehead atoms. The quantitative estimate of drug-likeness (QED) is 0.115. The molecule has 0 radical (unpaired) electrons. The van der Waals surface area contributed by atoms with E-state index in [4.69, 9.17) is 0 Å². The van der Waals surface area contributed by atoms with E-state index in [-0.39, 0.29) is 128 Å². The van der Waals surface area contributed by atoms with Crippen LogP contribution in [0.5, 0.6) is 0 Å². The van der Waals surface area contributed by atoms with Gasteiger partial charge in [0, 0.05) is 33.4 Å². The monoisotopic (exact) mass is 1760 g/mol. The van der Waals surface area contributed by atoms with Crippen molar-refractivity contribution in [1.82, 2.24) is 0 Å². The number of quaternary nitrogens is 1. The number of hydrogen-bond donors (Lipinski definition) is 0. The molecule has 0 atom stereocenters. The summed E-state index contributed by atoms with van der Waals surface area (Å²) in [5, 5.41) is -1.77. The van der Waals surface area contributed by atoms with Crippen LogP contribution in [0.25, 0.3) is 111 Å². The predicted octanol–water partition coefficient (Wildman–Crippen LogP) is 28.0. The summed E-state index contributed by atoms with van der Waals surface area (Å²) in [6.07, 6.45) is -51.1. The second-order valence-corrected chi connectivity index (χ2v) is 31.1. The first-order valence-corrected chi connectivity index (χ1v) is 37.1. The number of fused-ring (bicyclic) bond motifs is 14. The van der Waals surface area contributed by atoms with Crippen LogP contribution in [0.1, 0.15) is 126 Å². The van der Waals surface area contributed by atoms with Gasteiger partial charge in [-0.25, -0.2) is 0 Å². The molecule has 4 aliphatic rings. The Labute approximate surface area is 675 Å². The second kappa shape index (κ2) is 30.1. The van der Waals surface area contributed by atoms with Crippen LogP contribution in [-0.4, -0.2) is 4.48 Å². The molecule has 123 heavy (non-hydrogen) atoms. The zero-order valence-corrected chi connectivity index (χ0v) is 62.4. The minimum absolute atomic E-state index is 0. The summed E-state index contributed by atoms with van der Waals surface area (Å²) in [5.74, 6) is 0. The van der Waals surface area contributed by atoms with E-state index in [1.54, 1.807) is 0 Å². The van der Waals surface area contributed by atoms with Crippen LogP contribution in [0, 0.1) is 0 Å². The first-order chi connectivity index (χ1) is 56.1. The Bertz CT molecular complexity index is 5550. The standard InChI is InChI=1S/C90H54F30N.2FH/c91-81(92,93)59-13-15-71-57(31-59)33-73(55-19-47(51-23-61(83(97,98)99)35-62(24-51)84(100,101)102)17-48(20-55)52-25-63(85(103,104)105)36-64(26-52)86(106,107)108)75-41-121(39-45-11-9-43-5-1-3-7-69(43)77(45)78-46(40-121)12-10-44-6-2-4-8-70(44)78)42-76-74(34-58-32-60(82(94,95)96)14-16-72(58)80(76)79(71)75)56-21-49(53-27-65(87(109,110)111)37-66(28-53)88(112,113)114)18-50(22-56)54-29-67(89(115,116)117)38-68(30-54)90(118,119)120;;/h9-38H,1-8,39-42H2;2*1H/q+1;;/p-1. The lowest BCUT2D eigenvalue weighted by Crippen LogP contribution is -3.00. The first kappa shape index (κ1) is 88.2. The Balaban J connectivity index is 0.00000617. The number of rotatable bonds is 6. The molecule has 16 rings (SSSR count). The molecule has 0 fully saturated rings. The van der Waals surface area contributed by atoms with Crippen LogP contribution in [0.2, 0.25) is 0 Å². The lowest BCUT2D eigenvalue weighted by atomic mass is 9.78. The molecule has 0 saturated heterocycles. The van der Waals surface area contributed by atoms with Crippen molar-refractivity contribution in [1.29, 1.82) is 0 Å². The number of halogens is 32. The molecule has 0 saturated carbocycles. The summed E-state index contributed by atoms with van der Waals surface area (Å²) in [7, 11) is 0. The third kappa shape index (κ3) is 16.9. The fourth-order valence-corrected chi connectivity index (χ4v) is 17.8. The number of alkyl halides is 30. The number of hydrogen-bond acceptors (Lipinski definition) is 0. The lowest BCUT2D eigenvalue weighted by Gasteiger charge is -2.39. The molecular formula is C90H55F32N. The van der Waals surface area contributed by atoms with Crippen molar-refractivity contribution < 1.29 is 146 Å². The topological polar surface area (TPSA) is 0 Å².